The van der Waals surface area contributed by atoms with E-state index in [2.05, 4.69) is 11.8 Å². The van der Waals surface area contributed by atoms with Crippen molar-refractivity contribution in [2.24, 2.45) is 0 Å². The molecule has 1 fully saturated rings. The van der Waals surface area contributed by atoms with Crippen molar-refractivity contribution in [3.05, 3.63) is 38.7 Å². The molecule has 0 radical (unpaired) electrons. The molecule has 0 aliphatic carbocycles. The van der Waals surface area contributed by atoms with E-state index in [1.165, 1.54) is 17.4 Å². The van der Waals surface area contributed by atoms with Crippen molar-refractivity contribution in [3.8, 4) is 0 Å². The average Bonchev–Trinajstić information content (AvgIpc) is 3.10. The Bertz CT molecular complexity index is 1230. The highest BCUT2D eigenvalue weighted by atomic mass is 32.1. The van der Waals surface area contributed by atoms with Crippen molar-refractivity contribution in [2.75, 3.05) is 49.6 Å². The Hall–Kier alpha value is -2.65. The minimum absolute atomic E-state index is 0.120. The molecule has 0 saturated carbocycles. The second-order valence-electron chi connectivity index (χ2n) is 7.61. The van der Waals surface area contributed by atoms with Crippen LogP contribution in [0.25, 0.3) is 15.7 Å². The number of nitrogens with zero attached hydrogens (tertiary/aromatic N) is 4. The lowest BCUT2D eigenvalue weighted by Crippen LogP contribution is -2.47. The summed E-state index contributed by atoms with van der Waals surface area (Å²) in [5.74, 6) is -1.75. The number of hydrogen-bond donors (Lipinski definition) is 1. The number of aromatic carboxylic acids is 1. The second kappa shape index (κ2) is 6.43. The van der Waals surface area contributed by atoms with E-state index in [4.69, 9.17) is 0 Å². The van der Waals surface area contributed by atoms with Crippen LogP contribution in [-0.2, 0) is 6.54 Å². The number of carbonyl (C=O) groups is 1. The summed E-state index contributed by atoms with van der Waals surface area (Å²) in [4.78, 5) is 31.5. The van der Waals surface area contributed by atoms with Gasteiger partial charge >= 0.3 is 5.97 Å². The first-order valence-electron chi connectivity index (χ1n) is 9.65. The number of pyridine rings is 1. The van der Waals surface area contributed by atoms with E-state index in [1.54, 1.807) is 0 Å². The number of halogens is 1. The fourth-order valence-corrected chi connectivity index (χ4v) is 5.63. The highest BCUT2D eigenvalue weighted by Gasteiger charge is 2.32. The molecule has 2 aliphatic rings. The number of carboxylic acid groups (broad SMARTS) is 1. The van der Waals surface area contributed by atoms with E-state index >= 15 is 4.39 Å². The van der Waals surface area contributed by atoms with Gasteiger partial charge in [0.25, 0.3) is 0 Å². The van der Waals surface area contributed by atoms with E-state index < -0.39 is 17.2 Å². The Morgan fingerprint density at radius 3 is 2.62 bits per heavy atom. The summed E-state index contributed by atoms with van der Waals surface area (Å²) in [5.41, 5.74) is 1.77. The molecule has 2 aromatic heterocycles. The summed E-state index contributed by atoms with van der Waals surface area (Å²) in [6.07, 6.45) is 0. The van der Waals surface area contributed by atoms with Crippen molar-refractivity contribution >= 4 is 44.4 Å². The lowest BCUT2D eigenvalue weighted by atomic mass is 10.0. The number of benzene rings is 1. The lowest BCUT2D eigenvalue weighted by Gasteiger charge is -2.39. The maximum Gasteiger partial charge on any atom is 0.342 e. The van der Waals surface area contributed by atoms with Crippen molar-refractivity contribution in [1.29, 1.82) is 0 Å². The van der Waals surface area contributed by atoms with Gasteiger partial charge in [0.2, 0.25) is 5.43 Å². The largest absolute Gasteiger partial charge is 0.477 e. The zero-order chi connectivity index (χ0) is 20.4. The molecule has 1 aromatic carbocycles. The number of anilines is 2. The molecule has 5 rings (SSSR count). The summed E-state index contributed by atoms with van der Waals surface area (Å²) in [6.45, 7) is 6.73. The van der Waals surface area contributed by atoms with Gasteiger partial charge in [0.05, 0.1) is 34.5 Å². The molecule has 0 unspecified atom stereocenters. The Morgan fingerprint density at radius 1 is 1.24 bits per heavy atom. The van der Waals surface area contributed by atoms with Crippen LogP contribution in [0.4, 0.5) is 15.8 Å². The van der Waals surface area contributed by atoms with Crippen molar-refractivity contribution in [2.45, 2.75) is 13.5 Å². The third-order valence-corrected chi connectivity index (χ3v) is 7.04. The molecule has 0 atom stereocenters. The Morgan fingerprint density at radius 2 is 1.97 bits per heavy atom. The van der Waals surface area contributed by atoms with E-state index in [-0.39, 0.29) is 10.9 Å². The normalized spacial score (nSPS) is 17.1. The van der Waals surface area contributed by atoms with Crippen LogP contribution in [0.1, 0.15) is 23.0 Å². The van der Waals surface area contributed by atoms with Gasteiger partial charge in [0.1, 0.15) is 16.2 Å². The molecule has 0 amide bonds. The van der Waals surface area contributed by atoms with E-state index in [9.17, 15) is 14.7 Å². The van der Waals surface area contributed by atoms with E-state index in [0.717, 1.165) is 25.3 Å². The van der Waals surface area contributed by atoms with Crippen molar-refractivity contribution in [1.82, 2.24) is 9.30 Å². The highest BCUT2D eigenvalue weighted by Crippen LogP contribution is 2.43. The third-order valence-electron chi connectivity index (χ3n) is 6.04. The van der Waals surface area contributed by atoms with Gasteiger partial charge in [-0.15, -0.1) is 11.3 Å². The molecule has 7 nitrogen and oxygen atoms in total. The molecule has 0 spiro atoms. The summed E-state index contributed by atoms with van der Waals surface area (Å²) in [5, 5.41) is 11.6. The molecule has 29 heavy (non-hydrogen) atoms. The van der Waals surface area contributed by atoms with Crippen molar-refractivity contribution < 1.29 is 14.3 Å². The van der Waals surface area contributed by atoms with Crippen LogP contribution in [0.15, 0.2) is 16.2 Å². The van der Waals surface area contributed by atoms with Gasteiger partial charge < -0.3 is 19.8 Å². The molecule has 0 bridgehead atoms. The summed E-state index contributed by atoms with van der Waals surface area (Å²) < 4.78 is 17.2. The molecule has 2 aliphatic heterocycles. The van der Waals surface area contributed by atoms with E-state index in [0.29, 0.717) is 41.4 Å². The van der Waals surface area contributed by atoms with Crippen LogP contribution < -0.4 is 15.2 Å². The summed E-state index contributed by atoms with van der Waals surface area (Å²) >= 11 is 1.25. The zero-order valence-corrected chi connectivity index (χ0v) is 17.1. The smallest absolute Gasteiger partial charge is 0.342 e. The molecule has 3 aromatic rings. The van der Waals surface area contributed by atoms with E-state index in [1.807, 2.05) is 26.6 Å². The van der Waals surface area contributed by atoms with Gasteiger partial charge in [-0.05, 0) is 12.6 Å². The van der Waals surface area contributed by atoms with Gasteiger partial charge in [-0.2, -0.15) is 0 Å². The number of carboxylic acids is 1. The first kappa shape index (κ1) is 18.4. The molecule has 152 valence electrons. The number of likely N-dealkylation sites (N-methyl/N-ethyl adjacent to an activating group) is 1. The predicted molar refractivity (Wildman–Crippen MR) is 112 cm³/mol. The number of rotatable bonds is 3. The van der Waals surface area contributed by atoms with Crippen LogP contribution in [0.3, 0.4) is 0 Å². The maximum atomic E-state index is 15.4. The molecule has 1 N–H and O–H groups in total. The van der Waals surface area contributed by atoms with Crippen LogP contribution in [0, 0.1) is 5.82 Å². The number of piperazine rings is 1. The van der Waals surface area contributed by atoms with Gasteiger partial charge in [0.15, 0.2) is 0 Å². The molecular weight excluding hydrogens is 395 g/mol. The standard InChI is InChI=1S/C20H21FN4O3S/c1-3-23-4-6-24(7-5-23)16-13(21)8-12-15-17(16)22(2)9-11-10-29-19(25(11)15)14(18(12)26)20(27)28/h8,10H,3-7,9H2,1-2H3,(H,27,28). The Kier molecular flexibility index (Phi) is 4.08. The first-order chi connectivity index (χ1) is 13.9. The van der Waals surface area contributed by atoms with Gasteiger partial charge in [0, 0.05) is 38.6 Å². The monoisotopic (exact) mass is 416 g/mol. The molecule has 1 saturated heterocycles. The minimum atomic E-state index is -1.28. The first-order valence-corrected chi connectivity index (χ1v) is 10.5. The Labute approximate surface area is 170 Å². The van der Waals surface area contributed by atoms with Gasteiger partial charge in [-0.1, -0.05) is 6.92 Å². The lowest BCUT2D eigenvalue weighted by molar-refractivity contribution is 0.0697. The molecule has 9 heteroatoms. The van der Waals surface area contributed by atoms with Crippen LogP contribution in [-0.4, -0.2) is 60.1 Å². The second-order valence-corrected chi connectivity index (χ2v) is 8.46. The quantitative estimate of drug-likeness (QED) is 0.708. The maximum absolute atomic E-state index is 15.4. The topological polar surface area (TPSA) is 68.5 Å². The molecular formula is C20H21FN4O3S. The number of hydrogen-bond acceptors (Lipinski definition) is 6. The predicted octanol–water partition coefficient (Wildman–Crippen LogP) is 2.44. The highest BCUT2D eigenvalue weighted by molar-refractivity contribution is 7.16. The zero-order valence-electron chi connectivity index (χ0n) is 16.2. The minimum Gasteiger partial charge on any atom is -0.477 e. The Balaban J connectivity index is 1.85. The fourth-order valence-electron chi connectivity index (χ4n) is 4.59. The average molecular weight is 416 g/mol. The van der Waals surface area contributed by atoms with Crippen LogP contribution in [0.5, 0.6) is 0 Å². The van der Waals surface area contributed by atoms with Gasteiger partial charge in [-0.3, -0.25) is 9.20 Å². The van der Waals surface area contributed by atoms with Crippen LogP contribution in [0.2, 0.25) is 0 Å². The third kappa shape index (κ3) is 2.50. The molecule has 4 heterocycles. The fraction of sp³-hybridized carbons (Fsp3) is 0.400. The SMILES string of the molecule is CCN1CCN(c2c(F)cc3c(=O)c(C(=O)O)c4scc5n4c3c2N(C)C5)CC1. The summed E-state index contributed by atoms with van der Waals surface area (Å²) in [7, 11) is 1.89. The van der Waals surface area contributed by atoms with Crippen molar-refractivity contribution in [3.63, 3.8) is 0 Å². The summed E-state index contributed by atoms with van der Waals surface area (Å²) in [6, 6.07) is 1.22. The van der Waals surface area contributed by atoms with Crippen LogP contribution >= 0.6 is 11.3 Å². The van der Waals surface area contributed by atoms with Gasteiger partial charge in [-0.25, -0.2) is 9.18 Å². The number of aromatic nitrogens is 1. The number of thiazole rings is 1.